The summed E-state index contributed by atoms with van der Waals surface area (Å²) in [6, 6.07) is 11.6. The van der Waals surface area contributed by atoms with E-state index in [-0.39, 0.29) is 17.0 Å². The van der Waals surface area contributed by atoms with E-state index in [1.54, 1.807) is 29.2 Å². The molecule has 2 unspecified atom stereocenters. The summed E-state index contributed by atoms with van der Waals surface area (Å²) >= 11 is 5.82. The average Bonchev–Trinajstić information content (AvgIpc) is 2.99. The zero-order chi connectivity index (χ0) is 18.1. The van der Waals surface area contributed by atoms with E-state index in [2.05, 4.69) is 0 Å². The predicted octanol–water partition coefficient (Wildman–Crippen LogP) is 2.89. The minimum absolute atomic E-state index is 0.0513. The lowest BCUT2D eigenvalue weighted by molar-refractivity contribution is 0.0764. The van der Waals surface area contributed by atoms with Gasteiger partial charge in [0.25, 0.3) is 5.91 Å². The van der Waals surface area contributed by atoms with Crippen molar-refractivity contribution in [3.8, 4) is 11.1 Å². The van der Waals surface area contributed by atoms with Crippen LogP contribution in [0.5, 0.6) is 0 Å². The number of carbonyl (C=O) groups excluding carboxylic acids is 1. The first-order valence-electron chi connectivity index (χ1n) is 8.06. The number of likely N-dealkylation sites (N-methyl/N-ethyl adjacent to an activating group) is 1. The van der Waals surface area contributed by atoms with Crippen molar-refractivity contribution in [2.45, 2.75) is 12.1 Å². The number of aliphatic hydroxyl groups excluding tert-OH is 1. The molecule has 2 aromatic carbocycles. The summed E-state index contributed by atoms with van der Waals surface area (Å²) in [7, 11) is 3.79. The van der Waals surface area contributed by atoms with Crippen molar-refractivity contribution in [2.75, 3.05) is 27.2 Å². The molecule has 0 saturated carbocycles. The number of halogens is 2. The molecular formula is C19H20ClFN2O2. The van der Waals surface area contributed by atoms with Crippen molar-refractivity contribution < 1.29 is 14.3 Å². The number of β-amino-alcohol motifs (C(OH)–C–C–N with tert-alkyl or cyclic N) is 1. The lowest BCUT2D eigenvalue weighted by atomic mass is 10.0. The molecule has 4 nitrogen and oxygen atoms in total. The molecule has 1 saturated heterocycles. The summed E-state index contributed by atoms with van der Waals surface area (Å²) in [4.78, 5) is 16.2. The molecule has 0 radical (unpaired) electrons. The van der Waals surface area contributed by atoms with Gasteiger partial charge in [-0.3, -0.25) is 4.79 Å². The second kappa shape index (κ2) is 7.12. The van der Waals surface area contributed by atoms with Crippen molar-refractivity contribution in [3.63, 3.8) is 0 Å². The maximum Gasteiger partial charge on any atom is 0.253 e. The first-order chi connectivity index (χ1) is 11.9. The first-order valence-corrected chi connectivity index (χ1v) is 8.44. The van der Waals surface area contributed by atoms with Gasteiger partial charge < -0.3 is 14.9 Å². The number of benzene rings is 2. The summed E-state index contributed by atoms with van der Waals surface area (Å²) in [6.07, 6.45) is -0.542. The maximum absolute atomic E-state index is 13.3. The van der Waals surface area contributed by atoms with Gasteiger partial charge >= 0.3 is 0 Å². The summed E-state index contributed by atoms with van der Waals surface area (Å²) < 4.78 is 13.3. The molecule has 0 aliphatic carbocycles. The third kappa shape index (κ3) is 3.68. The van der Waals surface area contributed by atoms with Crippen LogP contribution >= 0.6 is 11.6 Å². The van der Waals surface area contributed by atoms with Crippen molar-refractivity contribution in [1.29, 1.82) is 0 Å². The smallest absolute Gasteiger partial charge is 0.253 e. The van der Waals surface area contributed by atoms with Crippen molar-refractivity contribution >= 4 is 17.5 Å². The fraction of sp³-hybridized carbons (Fsp3) is 0.316. The SMILES string of the molecule is CN(C)C1CN(C(=O)c2ccc(-c3ccc(F)c(Cl)c3)cc2)CC1O. The van der Waals surface area contributed by atoms with Crippen LogP contribution < -0.4 is 0 Å². The minimum atomic E-state index is -0.542. The molecule has 1 amide bonds. The van der Waals surface area contributed by atoms with E-state index >= 15 is 0 Å². The molecule has 0 bridgehead atoms. The van der Waals surface area contributed by atoms with E-state index in [1.807, 2.05) is 31.1 Å². The highest BCUT2D eigenvalue weighted by atomic mass is 35.5. The number of amides is 1. The van der Waals surface area contributed by atoms with Crippen LogP contribution in [0.4, 0.5) is 4.39 Å². The molecule has 132 valence electrons. The van der Waals surface area contributed by atoms with Crippen LogP contribution in [-0.2, 0) is 0 Å². The molecule has 1 aliphatic heterocycles. The summed E-state index contributed by atoms with van der Waals surface area (Å²) in [6.45, 7) is 0.833. The molecule has 0 spiro atoms. The minimum Gasteiger partial charge on any atom is -0.390 e. The Kier molecular flexibility index (Phi) is 5.08. The molecule has 1 N–H and O–H groups in total. The van der Waals surface area contributed by atoms with E-state index in [0.29, 0.717) is 18.7 Å². The zero-order valence-corrected chi connectivity index (χ0v) is 14.9. The number of likely N-dealkylation sites (tertiary alicyclic amines) is 1. The molecular weight excluding hydrogens is 343 g/mol. The van der Waals surface area contributed by atoms with Crippen LogP contribution in [0.1, 0.15) is 10.4 Å². The summed E-state index contributed by atoms with van der Waals surface area (Å²) in [5.41, 5.74) is 2.20. The predicted molar refractivity (Wildman–Crippen MR) is 96.2 cm³/mol. The lowest BCUT2D eigenvalue weighted by Crippen LogP contribution is -2.38. The van der Waals surface area contributed by atoms with Crippen LogP contribution in [0.15, 0.2) is 42.5 Å². The standard InChI is InChI=1S/C19H20ClFN2O2/c1-22(2)17-10-23(11-18(17)24)19(25)13-5-3-12(4-6-13)14-7-8-16(21)15(20)9-14/h3-9,17-18,24H,10-11H2,1-2H3. The Balaban J connectivity index is 1.76. The third-order valence-corrected chi connectivity index (χ3v) is 4.88. The lowest BCUT2D eigenvalue weighted by Gasteiger charge is -2.21. The highest BCUT2D eigenvalue weighted by Crippen LogP contribution is 2.26. The van der Waals surface area contributed by atoms with Crippen molar-refractivity contribution in [3.05, 3.63) is 58.9 Å². The average molecular weight is 363 g/mol. The van der Waals surface area contributed by atoms with Gasteiger partial charge in [-0.15, -0.1) is 0 Å². The molecule has 1 aliphatic rings. The Labute approximate surface area is 151 Å². The molecule has 0 aromatic heterocycles. The Morgan fingerprint density at radius 3 is 2.36 bits per heavy atom. The normalized spacial score (nSPS) is 20.3. The molecule has 6 heteroatoms. The van der Waals surface area contributed by atoms with Crippen LogP contribution in [-0.4, -0.2) is 60.1 Å². The van der Waals surface area contributed by atoms with Gasteiger partial charge in [0, 0.05) is 18.7 Å². The molecule has 3 rings (SSSR count). The number of nitrogens with zero attached hydrogens (tertiary/aromatic N) is 2. The van der Waals surface area contributed by atoms with Crippen molar-refractivity contribution in [2.24, 2.45) is 0 Å². The number of hydrogen-bond donors (Lipinski definition) is 1. The van der Waals surface area contributed by atoms with E-state index in [1.165, 1.54) is 6.07 Å². The number of rotatable bonds is 3. The van der Waals surface area contributed by atoms with E-state index in [4.69, 9.17) is 11.6 Å². The third-order valence-electron chi connectivity index (χ3n) is 4.59. The van der Waals surface area contributed by atoms with E-state index < -0.39 is 11.9 Å². The van der Waals surface area contributed by atoms with E-state index in [0.717, 1.165) is 11.1 Å². The second-order valence-corrected chi connectivity index (χ2v) is 6.92. The van der Waals surface area contributed by atoms with Gasteiger partial charge in [0.2, 0.25) is 0 Å². The fourth-order valence-electron chi connectivity index (χ4n) is 3.11. The van der Waals surface area contributed by atoms with Gasteiger partial charge in [-0.25, -0.2) is 4.39 Å². The Hall–Kier alpha value is -1.95. The zero-order valence-electron chi connectivity index (χ0n) is 14.1. The van der Waals surface area contributed by atoms with Gasteiger partial charge in [-0.2, -0.15) is 0 Å². The molecule has 1 fully saturated rings. The molecule has 2 aromatic rings. The highest BCUT2D eigenvalue weighted by molar-refractivity contribution is 6.31. The monoisotopic (exact) mass is 362 g/mol. The van der Waals surface area contributed by atoms with Crippen LogP contribution in [0.3, 0.4) is 0 Å². The topological polar surface area (TPSA) is 43.8 Å². The second-order valence-electron chi connectivity index (χ2n) is 6.51. The summed E-state index contributed by atoms with van der Waals surface area (Å²) in [5, 5.41) is 10.2. The number of aliphatic hydroxyl groups is 1. The van der Waals surface area contributed by atoms with Gasteiger partial charge in [0.1, 0.15) is 5.82 Å². The molecule has 1 heterocycles. The maximum atomic E-state index is 13.3. The molecule has 2 atom stereocenters. The number of carbonyl (C=O) groups is 1. The van der Waals surface area contributed by atoms with Crippen LogP contribution in [0.25, 0.3) is 11.1 Å². The first kappa shape index (κ1) is 17.9. The number of hydrogen-bond acceptors (Lipinski definition) is 3. The van der Waals surface area contributed by atoms with Gasteiger partial charge in [-0.1, -0.05) is 29.8 Å². The highest BCUT2D eigenvalue weighted by Gasteiger charge is 2.35. The van der Waals surface area contributed by atoms with Crippen molar-refractivity contribution in [1.82, 2.24) is 9.80 Å². The van der Waals surface area contributed by atoms with Crippen LogP contribution in [0, 0.1) is 5.82 Å². The van der Waals surface area contributed by atoms with Gasteiger partial charge in [0.05, 0.1) is 17.2 Å². The molecule has 25 heavy (non-hydrogen) atoms. The Morgan fingerprint density at radius 2 is 1.80 bits per heavy atom. The quantitative estimate of drug-likeness (QED) is 0.913. The van der Waals surface area contributed by atoms with Crippen LogP contribution in [0.2, 0.25) is 5.02 Å². The fourth-order valence-corrected chi connectivity index (χ4v) is 3.29. The van der Waals surface area contributed by atoms with Gasteiger partial charge in [-0.05, 0) is 49.5 Å². The largest absolute Gasteiger partial charge is 0.390 e. The summed E-state index contributed by atoms with van der Waals surface area (Å²) in [5.74, 6) is -0.563. The Morgan fingerprint density at radius 1 is 1.16 bits per heavy atom. The Bertz CT molecular complexity index is 779. The van der Waals surface area contributed by atoms with E-state index in [9.17, 15) is 14.3 Å². The van der Waals surface area contributed by atoms with Gasteiger partial charge in [0.15, 0.2) is 0 Å².